The summed E-state index contributed by atoms with van der Waals surface area (Å²) in [6.07, 6.45) is 4.08. The average Bonchev–Trinajstić information content (AvgIpc) is 3.06. The lowest BCUT2D eigenvalue weighted by molar-refractivity contribution is -0.142. The number of methoxy groups -OCH3 is 1. The number of carbonyl (C=O) groups excluding carboxylic acids is 2. The molecule has 0 unspecified atom stereocenters. The number of ether oxygens (including phenoxy) is 2. The normalized spacial score (nSPS) is 11.8. The molecule has 0 aliphatic carbocycles. The number of imidazole rings is 1. The van der Waals surface area contributed by atoms with Crippen LogP contribution in [0, 0.1) is 0 Å². The smallest absolute Gasteiger partial charge is 0.387 e. The first kappa shape index (κ1) is 17.3. The van der Waals surface area contributed by atoms with Crippen molar-refractivity contribution in [2.45, 2.75) is 19.1 Å². The molecule has 0 radical (unpaired) electrons. The summed E-state index contributed by atoms with van der Waals surface area (Å²) in [7, 11) is 1.20. The minimum atomic E-state index is -2.98. The molecule has 1 atom stereocenters. The zero-order chi connectivity index (χ0) is 17.5. The minimum Gasteiger partial charge on any atom is -0.467 e. The summed E-state index contributed by atoms with van der Waals surface area (Å²) in [5.74, 6) is -1.48. The number of esters is 1. The van der Waals surface area contributed by atoms with Gasteiger partial charge in [0.25, 0.3) is 5.91 Å². The Balaban J connectivity index is 2.05. The maximum absolute atomic E-state index is 12.1. The van der Waals surface area contributed by atoms with Crippen LogP contribution in [0.2, 0.25) is 0 Å². The van der Waals surface area contributed by atoms with E-state index < -0.39 is 24.5 Å². The van der Waals surface area contributed by atoms with Gasteiger partial charge in [-0.1, -0.05) is 0 Å². The standard InChI is InChI=1S/C14H14F2N4O4/c1-23-13(22)11(4-8-5-17-7-19-8)20-12(21)10-3-2-9(6-18-10)24-14(15)16/h2-3,5-7,11,14H,4H2,1H3,(H,17,19)(H,20,21)/t11-/m1/s1. The quantitative estimate of drug-likeness (QED) is 0.726. The molecule has 2 heterocycles. The number of alkyl halides is 2. The van der Waals surface area contributed by atoms with E-state index >= 15 is 0 Å². The van der Waals surface area contributed by atoms with Crippen LogP contribution in [-0.2, 0) is 16.0 Å². The number of halogens is 2. The molecule has 0 saturated heterocycles. The number of hydrogen-bond acceptors (Lipinski definition) is 6. The van der Waals surface area contributed by atoms with Gasteiger partial charge in [-0.05, 0) is 12.1 Å². The molecule has 1 amide bonds. The fraction of sp³-hybridized carbons (Fsp3) is 0.286. The molecule has 10 heteroatoms. The number of aromatic amines is 1. The van der Waals surface area contributed by atoms with E-state index in [1.807, 2.05) is 0 Å². The van der Waals surface area contributed by atoms with Gasteiger partial charge in [0.1, 0.15) is 17.5 Å². The molecule has 2 N–H and O–H groups in total. The Morgan fingerprint density at radius 3 is 2.67 bits per heavy atom. The highest BCUT2D eigenvalue weighted by Crippen LogP contribution is 2.12. The number of pyridine rings is 1. The summed E-state index contributed by atoms with van der Waals surface area (Å²) in [6.45, 7) is -2.98. The highest BCUT2D eigenvalue weighted by molar-refractivity contribution is 5.95. The van der Waals surface area contributed by atoms with Gasteiger partial charge in [-0.15, -0.1) is 0 Å². The van der Waals surface area contributed by atoms with E-state index in [0.29, 0.717) is 5.69 Å². The molecule has 128 valence electrons. The Morgan fingerprint density at radius 1 is 1.33 bits per heavy atom. The van der Waals surface area contributed by atoms with Gasteiger partial charge in [0, 0.05) is 18.3 Å². The first-order valence-electron chi connectivity index (χ1n) is 6.76. The molecule has 0 aliphatic rings. The fourth-order valence-corrected chi connectivity index (χ4v) is 1.87. The molecule has 0 bridgehead atoms. The number of carbonyl (C=O) groups is 2. The van der Waals surface area contributed by atoms with Crippen LogP contribution < -0.4 is 10.1 Å². The van der Waals surface area contributed by atoms with Crippen molar-refractivity contribution in [3.8, 4) is 5.75 Å². The second kappa shape index (κ2) is 7.99. The number of aromatic nitrogens is 3. The first-order valence-corrected chi connectivity index (χ1v) is 6.76. The van der Waals surface area contributed by atoms with Crippen molar-refractivity contribution in [3.05, 3.63) is 42.2 Å². The molecule has 0 spiro atoms. The van der Waals surface area contributed by atoms with Crippen LogP contribution in [-0.4, -0.2) is 46.6 Å². The number of rotatable bonds is 7. The van der Waals surface area contributed by atoms with Gasteiger partial charge in [-0.3, -0.25) is 4.79 Å². The molecular formula is C14H14F2N4O4. The van der Waals surface area contributed by atoms with Crippen LogP contribution in [0.25, 0.3) is 0 Å². The number of nitrogens with zero attached hydrogens (tertiary/aromatic N) is 2. The largest absolute Gasteiger partial charge is 0.467 e. The van der Waals surface area contributed by atoms with Gasteiger partial charge in [0.2, 0.25) is 0 Å². The number of hydrogen-bond donors (Lipinski definition) is 2. The summed E-state index contributed by atoms with van der Waals surface area (Å²) in [5, 5.41) is 2.47. The summed E-state index contributed by atoms with van der Waals surface area (Å²) in [6, 6.07) is 1.43. The van der Waals surface area contributed by atoms with Gasteiger partial charge < -0.3 is 19.8 Å². The van der Waals surface area contributed by atoms with Gasteiger partial charge in [0.05, 0.1) is 19.6 Å². The van der Waals surface area contributed by atoms with Crippen LogP contribution in [0.4, 0.5) is 8.78 Å². The third kappa shape index (κ3) is 4.73. The molecule has 0 aromatic carbocycles. The lowest BCUT2D eigenvalue weighted by Crippen LogP contribution is -2.43. The van der Waals surface area contributed by atoms with Crippen LogP contribution in [0.1, 0.15) is 16.2 Å². The van der Waals surface area contributed by atoms with Crippen molar-refractivity contribution < 1.29 is 27.8 Å². The van der Waals surface area contributed by atoms with Crippen LogP contribution in [0.3, 0.4) is 0 Å². The molecule has 8 nitrogen and oxygen atoms in total. The fourth-order valence-electron chi connectivity index (χ4n) is 1.87. The summed E-state index contributed by atoms with van der Waals surface area (Å²) < 4.78 is 32.9. The monoisotopic (exact) mass is 340 g/mol. The molecule has 2 aromatic heterocycles. The predicted octanol–water partition coefficient (Wildman–Crippen LogP) is 0.920. The second-order valence-electron chi connectivity index (χ2n) is 4.59. The topological polar surface area (TPSA) is 106 Å². The predicted molar refractivity (Wildman–Crippen MR) is 76.4 cm³/mol. The Hall–Kier alpha value is -3.04. The van der Waals surface area contributed by atoms with E-state index in [1.54, 1.807) is 0 Å². The lowest BCUT2D eigenvalue weighted by atomic mass is 10.1. The Kier molecular flexibility index (Phi) is 5.77. The minimum absolute atomic E-state index is 0.0601. The molecule has 0 aliphatic heterocycles. The first-order chi connectivity index (χ1) is 11.5. The van der Waals surface area contributed by atoms with E-state index in [2.05, 4.69) is 29.7 Å². The van der Waals surface area contributed by atoms with Crippen LogP contribution >= 0.6 is 0 Å². The highest BCUT2D eigenvalue weighted by Gasteiger charge is 2.23. The molecule has 2 rings (SSSR count). The van der Waals surface area contributed by atoms with Crippen molar-refractivity contribution in [2.24, 2.45) is 0 Å². The number of H-pyrrole nitrogens is 1. The number of nitrogens with one attached hydrogen (secondary N) is 2. The van der Waals surface area contributed by atoms with Gasteiger partial charge in [-0.2, -0.15) is 8.78 Å². The van der Waals surface area contributed by atoms with Crippen molar-refractivity contribution in [1.29, 1.82) is 0 Å². The summed E-state index contributed by atoms with van der Waals surface area (Å²) in [5.41, 5.74) is 0.564. The highest BCUT2D eigenvalue weighted by atomic mass is 19.3. The zero-order valence-corrected chi connectivity index (χ0v) is 12.5. The maximum Gasteiger partial charge on any atom is 0.387 e. The Labute approximate surface area is 135 Å². The molecule has 2 aromatic rings. The molecule has 0 saturated carbocycles. The average molecular weight is 340 g/mol. The van der Waals surface area contributed by atoms with E-state index in [9.17, 15) is 18.4 Å². The van der Waals surface area contributed by atoms with Crippen molar-refractivity contribution in [3.63, 3.8) is 0 Å². The molecule has 24 heavy (non-hydrogen) atoms. The van der Waals surface area contributed by atoms with E-state index in [4.69, 9.17) is 0 Å². The second-order valence-corrected chi connectivity index (χ2v) is 4.59. The molecular weight excluding hydrogens is 326 g/mol. The van der Waals surface area contributed by atoms with Crippen LogP contribution in [0.5, 0.6) is 5.75 Å². The van der Waals surface area contributed by atoms with E-state index in [-0.39, 0.29) is 17.9 Å². The Bertz CT molecular complexity index is 677. The maximum atomic E-state index is 12.1. The third-order valence-corrected chi connectivity index (χ3v) is 2.96. The van der Waals surface area contributed by atoms with Crippen LogP contribution in [0.15, 0.2) is 30.9 Å². The summed E-state index contributed by atoms with van der Waals surface area (Å²) in [4.78, 5) is 34.3. The van der Waals surface area contributed by atoms with Gasteiger partial charge in [-0.25, -0.2) is 14.8 Å². The zero-order valence-electron chi connectivity index (χ0n) is 12.5. The lowest BCUT2D eigenvalue weighted by Gasteiger charge is -2.15. The summed E-state index contributed by atoms with van der Waals surface area (Å²) >= 11 is 0. The van der Waals surface area contributed by atoms with E-state index in [1.165, 1.54) is 31.8 Å². The Morgan fingerprint density at radius 2 is 2.12 bits per heavy atom. The van der Waals surface area contributed by atoms with E-state index in [0.717, 1.165) is 6.20 Å². The third-order valence-electron chi connectivity index (χ3n) is 2.96. The van der Waals surface area contributed by atoms with Crippen molar-refractivity contribution in [2.75, 3.05) is 7.11 Å². The van der Waals surface area contributed by atoms with Crippen molar-refractivity contribution in [1.82, 2.24) is 20.3 Å². The number of amides is 1. The van der Waals surface area contributed by atoms with Crippen molar-refractivity contribution >= 4 is 11.9 Å². The SMILES string of the molecule is COC(=O)[C@@H](Cc1cnc[nH]1)NC(=O)c1ccc(OC(F)F)cn1. The van der Waals surface area contributed by atoms with Gasteiger partial charge in [0.15, 0.2) is 0 Å². The van der Waals surface area contributed by atoms with Gasteiger partial charge >= 0.3 is 12.6 Å². The molecule has 0 fully saturated rings.